The molecule has 0 saturated carbocycles. The topological polar surface area (TPSA) is 108 Å². The van der Waals surface area contributed by atoms with E-state index in [9.17, 15) is 27.7 Å². The fraction of sp³-hybridized carbons (Fsp3) is 0.273. The smallest absolute Gasteiger partial charge is 0.396 e. The number of alkyl halides is 3. The van der Waals surface area contributed by atoms with Crippen LogP contribution in [0, 0.1) is 4.91 Å². The molecule has 2 aromatic rings. The first-order chi connectivity index (χ1) is 15.6. The fourth-order valence-electron chi connectivity index (χ4n) is 3.22. The van der Waals surface area contributed by atoms with E-state index in [1.807, 2.05) is 0 Å². The van der Waals surface area contributed by atoms with E-state index in [0.29, 0.717) is 16.3 Å². The van der Waals surface area contributed by atoms with Gasteiger partial charge in [0.25, 0.3) is 5.91 Å². The predicted octanol–water partition coefficient (Wildman–Crippen LogP) is 5.11. The SMILES string of the molecule is CS1(N=O)C=C1C(=O)Nc1ccc(NC(=O)C(CCCO)c2cccc(C(F)(F)F)c2)cc1. The second-order valence-corrected chi connectivity index (χ2v) is 10.3. The molecule has 0 saturated heterocycles. The highest BCUT2D eigenvalue weighted by atomic mass is 32.3. The van der Waals surface area contributed by atoms with Gasteiger partial charge in [0.1, 0.15) is 0 Å². The number of carbonyl (C=O) groups excluding carboxylic acids is 2. The molecule has 33 heavy (non-hydrogen) atoms. The van der Waals surface area contributed by atoms with Crippen molar-refractivity contribution in [2.24, 2.45) is 4.58 Å². The molecule has 2 atom stereocenters. The number of rotatable bonds is 9. The third-order valence-electron chi connectivity index (χ3n) is 5.10. The third kappa shape index (κ3) is 5.99. The van der Waals surface area contributed by atoms with E-state index in [1.54, 1.807) is 18.4 Å². The molecule has 1 aliphatic rings. The van der Waals surface area contributed by atoms with Crippen LogP contribution in [0.2, 0.25) is 0 Å². The van der Waals surface area contributed by atoms with Gasteiger partial charge in [-0.1, -0.05) is 28.4 Å². The van der Waals surface area contributed by atoms with Crippen LogP contribution >= 0.6 is 10.2 Å². The first-order valence-electron chi connectivity index (χ1n) is 9.92. The van der Waals surface area contributed by atoms with Crippen LogP contribution in [0.15, 0.2) is 63.4 Å². The number of amides is 2. The highest BCUT2D eigenvalue weighted by molar-refractivity contribution is 8.43. The molecule has 176 valence electrons. The van der Waals surface area contributed by atoms with E-state index in [0.717, 1.165) is 12.1 Å². The Morgan fingerprint density at radius 2 is 1.73 bits per heavy atom. The molecule has 0 aliphatic carbocycles. The zero-order valence-corrected chi connectivity index (χ0v) is 18.4. The number of hydrogen-bond acceptors (Lipinski definition) is 5. The lowest BCUT2D eigenvalue weighted by Crippen LogP contribution is -2.22. The number of aliphatic hydroxyl groups is 1. The Morgan fingerprint density at radius 3 is 2.27 bits per heavy atom. The second kappa shape index (κ2) is 9.75. The van der Waals surface area contributed by atoms with Crippen molar-refractivity contribution in [3.63, 3.8) is 0 Å². The van der Waals surface area contributed by atoms with E-state index in [2.05, 4.69) is 15.2 Å². The van der Waals surface area contributed by atoms with E-state index in [-0.39, 0.29) is 25.0 Å². The highest BCUT2D eigenvalue weighted by Crippen LogP contribution is 2.68. The van der Waals surface area contributed by atoms with Crippen molar-refractivity contribution in [3.05, 3.63) is 74.9 Å². The van der Waals surface area contributed by atoms with E-state index < -0.39 is 39.7 Å². The number of nitroso groups, excluding NO2 is 1. The number of aliphatic hydroxyl groups excluding tert-OH is 1. The maximum absolute atomic E-state index is 13.1. The summed E-state index contributed by atoms with van der Waals surface area (Å²) >= 11 is 0. The number of halogens is 3. The molecule has 0 bridgehead atoms. The molecule has 7 nitrogen and oxygen atoms in total. The van der Waals surface area contributed by atoms with Crippen LogP contribution in [0.4, 0.5) is 24.5 Å². The third-order valence-corrected chi connectivity index (χ3v) is 7.04. The Bertz CT molecular complexity index is 1090. The van der Waals surface area contributed by atoms with Crippen LogP contribution in [0.1, 0.15) is 29.9 Å². The summed E-state index contributed by atoms with van der Waals surface area (Å²) in [5.41, 5.74) is 0.171. The molecular weight excluding hydrogens is 459 g/mol. The molecule has 1 heterocycles. The molecule has 0 radical (unpaired) electrons. The molecule has 3 rings (SSSR count). The number of nitrogens with zero attached hydrogens (tertiary/aromatic N) is 1. The maximum atomic E-state index is 13.1. The molecule has 0 aromatic heterocycles. The summed E-state index contributed by atoms with van der Waals surface area (Å²) in [6.07, 6.45) is -2.53. The summed E-state index contributed by atoms with van der Waals surface area (Å²) in [6.45, 7) is -0.200. The number of nitrogens with one attached hydrogen (secondary N) is 2. The number of carbonyl (C=O) groups is 2. The molecule has 2 unspecified atom stereocenters. The minimum absolute atomic E-state index is 0.165. The van der Waals surface area contributed by atoms with Crippen LogP contribution in [-0.2, 0) is 15.8 Å². The molecule has 0 fully saturated rings. The average Bonchev–Trinajstić information content (AvgIpc) is 3.47. The Labute approximate surface area is 189 Å². The maximum Gasteiger partial charge on any atom is 0.416 e. The molecular formula is C22H22F3N3O4S. The number of hydrogen-bond donors (Lipinski definition) is 3. The van der Waals surface area contributed by atoms with Gasteiger partial charge in [-0.15, -0.1) is 4.91 Å². The van der Waals surface area contributed by atoms with Crippen molar-refractivity contribution < 1.29 is 27.9 Å². The normalized spacial score (nSPS) is 20.1. The van der Waals surface area contributed by atoms with Gasteiger partial charge in [-0.3, -0.25) is 9.59 Å². The first kappa shape index (κ1) is 24.5. The van der Waals surface area contributed by atoms with Crippen molar-refractivity contribution >= 4 is 33.4 Å². The molecule has 3 N–H and O–H groups in total. The summed E-state index contributed by atoms with van der Waals surface area (Å²) in [6, 6.07) is 10.7. The molecule has 2 aromatic carbocycles. The van der Waals surface area contributed by atoms with Gasteiger partial charge < -0.3 is 15.7 Å². The van der Waals surface area contributed by atoms with Gasteiger partial charge in [-0.25, -0.2) is 0 Å². The zero-order chi connectivity index (χ0) is 24.2. The Morgan fingerprint density at radius 1 is 1.09 bits per heavy atom. The van der Waals surface area contributed by atoms with Crippen LogP contribution in [0.3, 0.4) is 0 Å². The van der Waals surface area contributed by atoms with Crippen molar-refractivity contribution in [1.82, 2.24) is 0 Å². The molecule has 11 heteroatoms. The summed E-state index contributed by atoms with van der Waals surface area (Å²) in [4.78, 5) is 36.1. The van der Waals surface area contributed by atoms with Crippen molar-refractivity contribution in [2.45, 2.75) is 24.9 Å². The van der Waals surface area contributed by atoms with Gasteiger partial charge >= 0.3 is 6.18 Å². The van der Waals surface area contributed by atoms with E-state index in [4.69, 9.17) is 5.11 Å². The van der Waals surface area contributed by atoms with Gasteiger partial charge in [0, 0.05) is 18.0 Å². The van der Waals surface area contributed by atoms with Crippen molar-refractivity contribution in [2.75, 3.05) is 23.5 Å². The summed E-state index contributed by atoms with van der Waals surface area (Å²) in [7, 11) is -1.95. The van der Waals surface area contributed by atoms with Crippen LogP contribution < -0.4 is 10.6 Å². The van der Waals surface area contributed by atoms with Crippen molar-refractivity contribution in [1.29, 1.82) is 0 Å². The predicted molar refractivity (Wildman–Crippen MR) is 122 cm³/mol. The fourth-order valence-corrected chi connectivity index (χ4v) is 4.67. The zero-order valence-electron chi connectivity index (χ0n) is 17.6. The summed E-state index contributed by atoms with van der Waals surface area (Å²) in [5, 5.41) is 16.0. The Balaban J connectivity index is 1.69. The van der Waals surface area contributed by atoms with Crippen molar-refractivity contribution in [3.8, 4) is 0 Å². The van der Waals surface area contributed by atoms with E-state index in [1.165, 1.54) is 29.7 Å². The van der Waals surface area contributed by atoms with Gasteiger partial charge in [-0.2, -0.15) is 13.2 Å². The number of benzene rings is 2. The lowest BCUT2D eigenvalue weighted by atomic mass is 9.92. The highest BCUT2D eigenvalue weighted by Gasteiger charge is 2.41. The van der Waals surface area contributed by atoms with Gasteiger partial charge in [0.2, 0.25) is 5.91 Å². The average molecular weight is 481 g/mol. The van der Waals surface area contributed by atoms with Gasteiger partial charge in [-0.05, 0) is 65.0 Å². The van der Waals surface area contributed by atoms with Crippen LogP contribution in [-0.4, -0.2) is 29.8 Å². The van der Waals surface area contributed by atoms with Crippen LogP contribution in [0.25, 0.3) is 0 Å². The quantitative estimate of drug-likeness (QED) is 0.433. The lowest BCUT2D eigenvalue weighted by Gasteiger charge is -2.18. The lowest BCUT2D eigenvalue weighted by molar-refractivity contribution is -0.137. The Hall–Kier alpha value is -3.18. The Kier molecular flexibility index (Phi) is 7.23. The number of anilines is 2. The summed E-state index contributed by atoms with van der Waals surface area (Å²) < 4.78 is 42.2. The summed E-state index contributed by atoms with van der Waals surface area (Å²) in [5.74, 6) is -1.83. The molecule has 0 spiro atoms. The molecule has 2 amide bonds. The van der Waals surface area contributed by atoms with Gasteiger partial charge in [0.05, 0.1) is 16.4 Å². The first-order valence-corrected chi connectivity index (χ1v) is 12.0. The van der Waals surface area contributed by atoms with Gasteiger partial charge in [0.15, 0.2) is 0 Å². The van der Waals surface area contributed by atoms with E-state index >= 15 is 0 Å². The van der Waals surface area contributed by atoms with Crippen LogP contribution in [0.5, 0.6) is 0 Å². The monoisotopic (exact) mass is 481 g/mol. The minimum Gasteiger partial charge on any atom is -0.396 e. The largest absolute Gasteiger partial charge is 0.416 e. The second-order valence-electron chi connectivity index (χ2n) is 7.56. The standard InChI is InChI=1S/C22H22F3N3O4S/c1-33(28-32)13-19(33)21(31)27-17-9-7-16(8-10-17)26-20(30)18(6-3-11-29)14-4-2-5-15(12-14)22(23,24)25/h2,4-5,7-10,12-13,18,29H,3,6,11H2,1H3,(H,26,30)(H,27,31). The molecule has 1 aliphatic heterocycles. The minimum atomic E-state index is -4.54.